The predicted octanol–water partition coefficient (Wildman–Crippen LogP) is 1.76. The van der Waals surface area contributed by atoms with Crippen LogP contribution >= 0.6 is 0 Å². The van der Waals surface area contributed by atoms with Crippen molar-refractivity contribution in [3.63, 3.8) is 0 Å². The lowest BCUT2D eigenvalue weighted by molar-refractivity contribution is -0.137. The molecule has 6 nitrogen and oxygen atoms in total. The van der Waals surface area contributed by atoms with Crippen molar-refractivity contribution in [2.45, 2.75) is 25.4 Å². The minimum atomic E-state index is -0.885. The molecule has 1 aromatic heterocycles. The zero-order valence-corrected chi connectivity index (χ0v) is 10.1. The monoisotopic (exact) mass is 260 g/mol. The number of carboxylic acid groups (broad SMARTS) is 1. The molecule has 1 aliphatic rings. The quantitative estimate of drug-likeness (QED) is 0.901. The SMILES string of the molecule is O=C(O)CCc1nnc(C2Cc3ccccc3O2)o1. The second-order valence-electron chi connectivity index (χ2n) is 4.35. The highest BCUT2D eigenvalue weighted by Crippen LogP contribution is 2.35. The first-order valence-electron chi connectivity index (χ1n) is 6.01. The van der Waals surface area contributed by atoms with Gasteiger partial charge < -0.3 is 14.3 Å². The zero-order chi connectivity index (χ0) is 13.2. The number of benzene rings is 1. The summed E-state index contributed by atoms with van der Waals surface area (Å²) in [5.41, 5.74) is 1.11. The Kier molecular flexibility index (Phi) is 2.91. The van der Waals surface area contributed by atoms with E-state index in [4.69, 9.17) is 14.3 Å². The smallest absolute Gasteiger partial charge is 0.303 e. The first-order valence-corrected chi connectivity index (χ1v) is 6.01. The van der Waals surface area contributed by atoms with Gasteiger partial charge in [-0.1, -0.05) is 18.2 Å². The van der Waals surface area contributed by atoms with E-state index >= 15 is 0 Å². The Labute approximate surface area is 109 Å². The summed E-state index contributed by atoms with van der Waals surface area (Å²) >= 11 is 0. The van der Waals surface area contributed by atoms with Crippen LogP contribution in [0.15, 0.2) is 28.7 Å². The van der Waals surface area contributed by atoms with Gasteiger partial charge in [-0.15, -0.1) is 10.2 Å². The van der Waals surface area contributed by atoms with E-state index in [1.807, 2.05) is 24.3 Å². The molecule has 2 aromatic rings. The molecule has 98 valence electrons. The maximum atomic E-state index is 10.5. The standard InChI is InChI=1S/C13H12N2O4/c16-12(17)6-5-11-14-15-13(19-11)10-7-8-3-1-2-4-9(8)18-10/h1-4,10H,5-7H2,(H,16,17). The summed E-state index contributed by atoms with van der Waals surface area (Å²) < 4.78 is 11.2. The van der Waals surface area contributed by atoms with Crippen LogP contribution in [0.5, 0.6) is 5.75 Å². The minimum Gasteiger partial charge on any atom is -0.481 e. The number of hydrogen-bond acceptors (Lipinski definition) is 5. The van der Waals surface area contributed by atoms with Crippen molar-refractivity contribution in [3.05, 3.63) is 41.6 Å². The highest BCUT2D eigenvalue weighted by Gasteiger charge is 2.28. The fourth-order valence-electron chi connectivity index (χ4n) is 2.03. The van der Waals surface area contributed by atoms with Crippen molar-refractivity contribution in [3.8, 4) is 5.75 Å². The second-order valence-corrected chi connectivity index (χ2v) is 4.35. The van der Waals surface area contributed by atoms with Gasteiger partial charge in [-0.3, -0.25) is 4.79 Å². The largest absolute Gasteiger partial charge is 0.481 e. The summed E-state index contributed by atoms with van der Waals surface area (Å²) in [5.74, 6) is 0.676. The highest BCUT2D eigenvalue weighted by molar-refractivity contribution is 5.66. The number of rotatable bonds is 4. The fourth-order valence-corrected chi connectivity index (χ4v) is 2.03. The van der Waals surface area contributed by atoms with Gasteiger partial charge in [-0.2, -0.15) is 0 Å². The number of aromatic nitrogens is 2. The number of ether oxygens (including phenoxy) is 1. The fraction of sp³-hybridized carbons (Fsp3) is 0.308. The molecule has 0 bridgehead atoms. The molecule has 0 saturated heterocycles. The molecule has 1 atom stereocenters. The molecule has 2 heterocycles. The maximum Gasteiger partial charge on any atom is 0.303 e. The van der Waals surface area contributed by atoms with Gasteiger partial charge >= 0.3 is 5.97 Å². The van der Waals surface area contributed by atoms with Crippen LogP contribution in [0.1, 0.15) is 29.9 Å². The van der Waals surface area contributed by atoms with Crippen molar-refractivity contribution in [2.24, 2.45) is 0 Å². The molecular formula is C13H12N2O4. The van der Waals surface area contributed by atoms with Crippen LogP contribution < -0.4 is 4.74 Å². The molecule has 1 aromatic carbocycles. The van der Waals surface area contributed by atoms with E-state index in [0.29, 0.717) is 18.2 Å². The number of hydrogen-bond donors (Lipinski definition) is 1. The number of aliphatic carboxylic acids is 1. The number of para-hydroxylation sites is 1. The summed E-state index contributed by atoms with van der Waals surface area (Å²) in [6, 6.07) is 7.76. The van der Waals surface area contributed by atoms with Crippen molar-refractivity contribution in [1.29, 1.82) is 0 Å². The summed E-state index contributed by atoms with van der Waals surface area (Å²) in [4.78, 5) is 10.5. The van der Waals surface area contributed by atoms with Crippen LogP contribution in [0.2, 0.25) is 0 Å². The van der Waals surface area contributed by atoms with E-state index in [-0.39, 0.29) is 18.9 Å². The third kappa shape index (κ3) is 2.42. The van der Waals surface area contributed by atoms with Gasteiger partial charge in [-0.05, 0) is 11.6 Å². The first-order chi connectivity index (χ1) is 9.22. The van der Waals surface area contributed by atoms with Crippen LogP contribution in [0.25, 0.3) is 0 Å². The third-order valence-corrected chi connectivity index (χ3v) is 2.96. The van der Waals surface area contributed by atoms with E-state index in [9.17, 15) is 4.79 Å². The van der Waals surface area contributed by atoms with Crippen molar-refractivity contribution in [2.75, 3.05) is 0 Å². The van der Waals surface area contributed by atoms with Crippen LogP contribution in [0.3, 0.4) is 0 Å². The topological polar surface area (TPSA) is 85.5 Å². The summed E-state index contributed by atoms with van der Waals surface area (Å²) in [6.45, 7) is 0. The van der Waals surface area contributed by atoms with Gasteiger partial charge in [-0.25, -0.2) is 0 Å². The summed E-state index contributed by atoms with van der Waals surface area (Å²) in [5, 5.41) is 16.4. The van der Waals surface area contributed by atoms with Gasteiger partial charge in [0, 0.05) is 12.8 Å². The molecule has 0 spiro atoms. The number of aryl methyl sites for hydroxylation is 1. The van der Waals surface area contributed by atoms with Crippen molar-refractivity contribution in [1.82, 2.24) is 10.2 Å². The van der Waals surface area contributed by atoms with Crippen molar-refractivity contribution < 1.29 is 19.1 Å². The zero-order valence-electron chi connectivity index (χ0n) is 10.1. The lowest BCUT2D eigenvalue weighted by Gasteiger charge is -2.04. The summed E-state index contributed by atoms with van der Waals surface area (Å²) in [7, 11) is 0. The average molecular weight is 260 g/mol. The lowest BCUT2D eigenvalue weighted by atomic mass is 10.1. The Bertz CT molecular complexity index is 583. The first kappa shape index (κ1) is 11.7. The molecule has 1 N–H and O–H groups in total. The molecule has 1 aliphatic heterocycles. The molecule has 1 unspecified atom stereocenters. The molecule has 0 aliphatic carbocycles. The number of nitrogens with zero attached hydrogens (tertiary/aromatic N) is 2. The highest BCUT2D eigenvalue weighted by atomic mass is 16.5. The molecule has 6 heteroatoms. The Morgan fingerprint density at radius 3 is 3.00 bits per heavy atom. The molecule has 0 radical (unpaired) electrons. The van der Waals surface area contributed by atoms with Gasteiger partial charge in [0.25, 0.3) is 5.89 Å². The van der Waals surface area contributed by atoms with E-state index < -0.39 is 5.97 Å². The predicted molar refractivity (Wildman–Crippen MR) is 63.8 cm³/mol. The molecule has 3 rings (SSSR count). The van der Waals surface area contributed by atoms with E-state index in [0.717, 1.165) is 11.3 Å². The molecule has 0 saturated carbocycles. The van der Waals surface area contributed by atoms with Gasteiger partial charge in [0.05, 0.1) is 6.42 Å². The number of fused-ring (bicyclic) bond motifs is 1. The number of carbonyl (C=O) groups is 1. The third-order valence-electron chi connectivity index (χ3n) is 2.96. The van der Waals surface area contributed by atoms with E-state index in [1.165, 1.54) is 0 Å². The minimum absolute atomic E-state index is 0.0205. The van der Waals surface area contributed by atoms with Crippen LogP contribution in [-0.2, 0) is 17.6 Å². The molecule has 0 fully saturated rings. The molecule has 0 amide bonds. The van der Waals surface area contributed by atoms with Crippen LogP contribution in [0.4, 0.5) is 0 Å². The van der Waals surface area contributed by atoms with E-state index in [2.05, 4.69) is 10.2 Å². The lowest BCUT2D eigenvalue weighted by Crippen LogP contribution is -2.03. The molecular weight excluding hydrogens is 248 g/mol. The Hall–Kier alpha value is -2.37. The Balaban J connectivity index is 1.70. The van der Waals surface area contributed by atoms with E-state index in [1.54, 1.807) is 0 Å². The van der Waals surface area contributed by atoms with Gasteiger partial charge in [0.15, 0.2) is 6.10 Å². The normalized spacial score (nSPS) is 16.9. The van der Waals surface area contributed by atoms with Crippen LogP contribution in [0, 0.1) is 0 Å². The average Bonchev–Trinajstić information content (AvgIpc) is 3.02. The molecule has 19 heavy (non-hydrogen) atoms. The maximum absolute atomic E-state index is 10.5. The summed E-state index contributed by atoms with van der Waals surface area (Å²) in [6.07, 6.45) is 0.634. The van der Waals surface area contributed by atoms with Gasteiger partial charge in [0.2, 0.25) is 5.89 Å². The second kappa shape index (κ2) is 4.72. The van der Waals surface area contributed by atoms with Crippen LogP contribution in [-0.4, -0.2) is 21.3 Å². The Morgan fingerprint density at radius 1 is 1.37 bits per heavy atom. The van der Waals surface area contributed by atoms with Gasteiger partial charge in [0.1, 0.15) is 5.75 Å². The van der Waals surface area contributed by atoms with Crippen molar-refractivity contribution >= 4 is 5.97 Å². The Morgan fingerprint density at radius 2 is 2.21 bits per heavy atom. The number of carboxylic acids is 1.